The van der Waals surface area contributed by atoms with Crippen LogP contribution in [-0.4, -0.2) is 50.7 Å². The number of hydrogen-bond donors (Lipinski definition) is 0. The molecule has 3 aromatic carbocycles. The molecule has 1 aliphatic rings. The van der Waals surface area contributed by atoms with E-state index in [-0.39, 0.29) is 41.6 Å². The SMILES string of the molecule is O=[N+]([O-])c1ccc(S(=O)(=O)N2CC#Cc3ccccc3C#CCS(=O)(=O)CC#Cc3ccccc3C#CCC2)cc1. The lowest BCUT2D eigenvalue weighted by Crippen LogP contribution is -2.32. The van der Waals surface area contributed by atoms with Crippen molar-refractivity contribution in [3.63, 3.8) is 0 Å². The summed E-state index contributed by atoms with van der Waals surface area (Å²) in [5.74, 6) is 22.1. The van der Waals surface area contributed by atoms with Crippen LogP contribution in [0.4, 0.5) is 5.69 Å². The van der Waals surface area contributed by atoms with Gasteiger partial charge >= 0.3 is 0 Å². The predicted molar refractivity (Wildman–Crippen MR) is 156 cm³/mol. The minimum Gasteiger partial charge on any atom is -0.258 e. The Kier molecular flexibility index (Phi) is 9.25. The van der Waals surface area contributed by atoms with E-state index in [4.69, 9.17) is 0 Å². The summed E-state index contributed by atoms with van der Waals surface area (Å²) in [6.07, 6.45) is 0.159. The maximum atomic E-state index is 13.5. The monoisotopic (exact) mass is 582 g/mol. The van der Waals surface area contributed by atoms with Crippen LogP contribution >= 0.6 is 0 Å². The molecule has 0 atom stereocenters. The van der Waals surface area contributed by atoms with Crippen LogP contribution in [0.5, 0.6) is 0 Å². The number of nitro benzene ring substituents is 1. The van der Waals surface area contributed by atoms with Crippen LogP contribution in [0.15, 0.2) is 77.7 Å². The second-order valence-corrected chi connectivity index (χ2v) is 12.7. The fourth-order valence-corrected chi connectivity index (χ4v) is 5.70. The molecule has 10 heteroatoms. The van der Waals surface area contributed by atoms with Crippen molar-refractivity contribution >= 4 is 25.5 Å². The van der Waals surface area contributed by atoms with Crippen LogP contribution < -0.4 is 0 Å². The molecule has 4 rings (SSSR count). The van der Waals surface area contributed by atoms with Crippen molar-refractivity contribution in [3.8, 4) is 47.4 Å². The van der Waals surface area contributed by atoms with Gasteiger partial charge in [-0.15, -0.1) is 0 Å². The van der Waals surface area contributed by atoms with Crippen LogP contribution in [0.25, 0.3) is 0 Å². The Morgan fingerprint density at radius 1 is 0.707 bits per heavy atom. The highest BCUT2D eigenvalue weighted by atomic mass is 32.2. The molecule has 0 aliphatic carbocycles. The summed E-state index contributed by atoms with van der Waals surface area (Å²) in [5, 5.41) is 11.0. The van der Waals surface area contributed by atoms with Crippen molar-refractivity contribution in [2.45, 2.75) is 11.3 Å². The highest BCUT2D eigenvalue weighted by Gasteiger charge is 2.24. The first-order valence-electron chi connectivity index (χ1n) is 12.2. The van der Waals surface area contributed by atoms with Gasteiger partial charge in [-0.1, -0.05) is 71.6 Å². The van der Waals surface area contributed by atoms with Gasteiger partial charge in [-0.25, -0.2) is 16.8 Å². The highest BCUT2D eigenvalue weighted by Crippen LogP contribution is 2.20. The molecule has 0 saturated heterocycles. The average Bonchev–Trinajstić information content (AvgIpc) is 2.95. The number of fused-ring (bicyclic) bond motifs is 2. The number of sulfone groups is 1. The molecule has 0 bridgehead atoms. The van der Waals surface area contributed by atoms with Crippen molar-refractivity contribution < 1.29 is 21.8 Å². The van der Waals surface area contributed by atoms with Crippen molar-refractivity contribution in [3.05, 3.63) is 105 Å². The van der Waals surface area contributed by atoms with E-state index in [1.165, 1.54) is 12.1 Å². The molecule has 0 aromatic heterocycles. The van der Waals surface area contributed by atoms with E-state index in [0.29, 0.717) is 22.3 Å². The zero-order chi connectivity index (χ0) is 29.3. The molecule has 41 heavy (non-hydrogen) atoms. The molecular weight excluding hydrogens is 560 g/mol. The number of nitrogens with zero attached hydrogens (tertiary/aromatic N) is 2. The molecule has 0 amide bonds. The standard InChI is InChI=1S/C31H22N2O6S2/c34-33(35)30-18-20-31(21-19-30)41(38,39)32-22-6-5-14-26-10-1-3-12-28(26)16-8-24-40(36,37)25-9-17-29-13-4-2-11-27(29)15-7-23-32/h1-4,10-13,18-21H,6,22-25H2. The quantitative estimate of drug-likeness (QED) is 0.266. The molecule has 0 fully saturated rings. The fourth-order valence-electron chi connectivity index (χ4n) is 3.67. The zero-order valence-electron chi connectivity index (χ0n) is 21.6. The van der Waals surface area contributed by atoms with Crippen molar-refractivity contribution in [2.24, 2.45) is 0 Å². The summed E-state index contributed by atoms with van der Waals surface area (Å²) in [6.45, 7) is -0.173. The van der Waals surface area contributed by atoms with Crippen LogP contribution in [0.2, 0.25) is 0 Å². The third kappa shape index (κ3) is 7.85. The Balaban J connectivity index is 1.75. The minimum absolute atomic E-state index is 0.00847. The van der Waals surface area contributed by atoms with E-state index in [1.54, 1.807) is 48.5 Å². The largest absolute Gasteiger partial charge is 0.269 e. The van der Waals surface area contributed by atoms with Crippen LogP contribution in [0, 0.1) is 57.5 Å². The summed E-state index contributed by atoms with van der Waals surface area (Å²) in [6, 6.07) is 18.5. The second kappa shape index (κ2) is 13.0. The van der Waals surface area contributed by atoms with E-state index >= 15 is 0 Å². The molecule has 1 heterocycles. The van der Waals surface area contributed by atoms with Gasteiger partial charge in [0.2, 0.25) is 10.0 Å². The lowest BCUT2D eigenvalue weighted by molar-refractivity contribution is -0.384. The van der Waals surface area contributed by atoms with Crippen molar-refractivity contribution in [2.75, 3.05) is 24.6 Å². The molecule has 0 unspecified atom stereocenters. The van der Waals surface area contributed by atoms with E-state index < -0.39 is 24.8 Å². The van der Waals surface area contributed by atoms with E-state index in [0.717, 1.165) is 16.4 Å². The van der Waals surface area contributed by atoms with E-state index in [9.17, 15) is 26.9 Å². The summed E-state index contributed by atoms with van der Waals surface area (Å²) in [7, 11) is -7.62. The lowest BCUT2D eigenvalue weighted by atomic mass is 10.1. The molecule has 0 saturated carbocycles. The molecule has 3 aromatic rings. The maximum Gasteiger partial charge on any atom is 0.269 e. The Morgan fingerprint density at radius 2 is 1.17 bits per heavy atom. The van der Waals surface area contributed by atoms with Gasteiger partial charge in [-0.3, -0.25) is 10.1 Å². The van der Waals surface area contributed by atoms with E-state index in [2.05, 4.69) is 47.4 Å². The van der Waals surface area contributed by atoms with Crippen molar-refractivity contribution in [1.29, 1.82) is 0 Å². The average molecular weight is 583 g/mol. The predicted octanol–water partition coefficient (Wildman–Crippen LogP) is 3.21. The molecule has 204 valence electrons. The summed E-state index contributed by atoms with van der Waals surface area (Å²) in [4.78, 5) is 10.3. The first-order valence-corrected chi connectivity index (χ1v) is 15.5. The van der Waals surface area contributed by atoms with Crippen molar-refractivity contribution in [1.82, 2.24) is 4.31 Å². The number of rotatable bonds is 3. The third-order valence-electron chi connectivity index (χ3n) is 5.76. The van der Waals surface area contributed by atoms with Gasteiger partial charge in [0.1, 0.15) is 11.5 Å². The lowest BCUT2D eigenvalue weighted by Gasteiger charge is -2.18. The third-order valence-corrected chi connectivity index (χ3v) is 8.79. The number of non-ortho nitro benzene ring substituents is 1. The van der Waals surface area contributed by atoms with Gasteiger partial charge < -0.3 is 0 Å². The number of hydrogen-bond acceptors (Lipinski definition) is 6. The van der Waals surface area contributed by atoms with Gasteiger partial charge in [0.25, 0.3) is 5.69 Å². The normalized spacial score (nSPS) is 15.0. The molecule has 0 spiro atoms. The number of nitro groups is 1. The first-order chi connectivity index (χ1) is 19.7. The van der Waals surface area contributed by atoms with Gasteiger partial charge in [-0.2, -0.15) is 4.31 Å². The Hall–Kier alpha value is -4.84. The van der Waals surface area contributed by atoms with Crippen LogP contribution in [-0.2, 0) is 19.9 Å². The smallest absolute Gasteiger partial charge is 0.258 e. The molecule has 0 radical (unpaired) electrons. The Bertz CT molecular complexity index is 1950. The first kappa shape index (κ1) is 29.2. The molecule has 0 N–H and O–H groups in total. The zero-order valence-corrected chi connectivity index (χ0v) is 23.3. The highest BCUT2D eigenvalue weighted by molar-refractivity contribution is 7.91. The second-order valence-electron chi connectivity index (χ2n) is 8.67. The van der Waals surface area contributed by atoms with Crippen LogP contribution in [0.1, 0.15) is 28.7 Å². The van der Waals surface area contributed by atoms with Gasteiger partial charge in [0.05, 0.1) is 16.4 Å². The summed E-state index contributed by atoms with van der Waals surface area (Å²) >= 11 is 0. The molecule has 8 nitrogen and oxygen atoms in total. The molecular formula is C31H22N2O6S2. The van der Waals surface area contributed by atoms with Gasteiger partial charge in [0.15, 0.2) is 9.84 Å². The summed E-state index contributed by atoms with van der Waals surface area (Å²) in [5.41, 5.74) is 1.92. The number of sulfonamides is 1. The Morgan fingerprint density at radius 3 is 1.66 bits per heavy atom. The minimum atomic E-state index is -4.07. The Labute approximate surface area is 239 Å². The van der Waals surface area contributed by atoms with E-state index in [1.807, 2.05) is 0 Å². The van der Waals surface area contributed by atoms with Gasteiger partial charge in [0, 0.05) is 47.4 Å². The summed E-state index contributed by atoms with van der Waals surface area (Å²) < 4.78 is 53.1. The number of benzene rings is 3. The fraction of sp³-hybridized carbons (Fsp3) is 0.161. The van der Waals surface area contributed by atoms with Gasteiger partial charge in [-0.05, 0) is 36.4 Å². The van der Waals surface area contributed by atoms with Crippen LogP contribution in [0.3, 0.4) is 0 Å². The maximum absolute atomic E-state index is 13.5. The topological polar surface area (TPSA) is 115 Å². The molecule has 1 aliphatic heterocycles.